The molecule has 3 rings (SSSR count). The molecule has 0 heterocycles. The van der Waals surface area contributed by atoms with E-state index in [0.29, 0.717) is 34.5 Å². The van der Waals surface area contributed by atoms with Crippen molar-refractivity contribution in [1.82, 2.24) is 0 Å². The number of rotatable bonds is 9. The number of hydrogen-bond donors (Lipinski definition) is 3. The van der Waals surface area contributed by atoms with Gasteiger partial charge >= 0.3 is 12.1 Å². The minimum atomic E-state index is -4.50. The van der Waals surface area contributed by atoms with Gasteiger partial charge in [0.25, 0.3) is 0 Å². The second kappa shape index (κ2) is 11.4. The number of amides is 1. The molecule has 0 saturated carbocycles. The monoisotopic (exact) mass is 511 g/mol. The molecule has 0 fully saturated rings. The van der Waals surface area contributed by atoms with Crippen molar-refractivity contribution in [2.45, 2.75) is 26.4 Å². The Kier molecular flexibility index (Phi) is 8.33. The van der Waals surface area contributed by atoms with Gasteiger partial charge in [0.15, 0.2) is 0 Å². The molecule has 0 aromatic heterocycles. The summed E-state index contributed by atoms with van der Waals surface area (Å²) < 4.78 is 38.8. The van der Waals surface area contributed by atoms with Gasteiger partial charge in [-0.15, -0.1) is 0 Å². The number of aromatic hydroxyl groups is 1. The molecule has 0 aliphatic heterocycles. The van der Waals surface area contributed by atoms with Crippen LogP contribution in [0.15, 0.2) is 77.9 Å². The Morgan fingerprint density at radius 1 is 1.00 bits per heavy atom. The molecular formula is C27H24F3N3O4. The molecule has 0 atom stereocenters. The van der Waals surface area contributed by atoms with Crippen LogP contribution in [0.2, 0.25) is 0 Å². The minimum Gasteiger partial charge on any atom is -0.505 e. The highest BCUT2D eigenvalue weighted by Crippen LogP contribution is 2.34. The SMILES string of the molecule is C/C(=C\CC(=O)O)c1cccc(N/N=C(\C)c2ccccc2N(C=O)c2ccc(C(F)(F)F)cc2)c1O. The Hall–Kier alpha value is -4.60. The van der Waals surface area contributed by atoms with E-state index >= 15 is 0 Å². The van der Waals surface area contributed by atoms with E-state index in [1.165, 1.54) is 23.1 Å². The van der Waals surface area contributed by atoms with E-state index in [-0.39, 0.29) is 23.5 Å². The normalized spacial score (nSPS) is 12.2. The summed E-state index contributed by atoms with van der Waals surface area (Å²) in [5, 5.41) is 23.9. The van der Waals surface area contributed by atoms with Gasteiger partial charge in [0.2, 0.25) is 6.41 Å². The van der Waals surface area contributed by atoms with Crippen molar-refractivity contribution in [3.05, 3.63) is 89.5 Å². The first-order valence-electron chi connectivity index (χ1n) is 11.0. The van der Waals surface area contributed by atoms with Gasteiger partial charge in [0.1, 0.15) is 5.75 Å². The van der Waals surface area contributed by atoms with E-state index in [2.05, 4.69) is 10.5 Å². The number of phenolic OH excluding ortho intramolecular Hbond substituents is 1. The van der Waals surface area contributed by atoms with Crippen LogP contribution in [0.5, 0.6) is 5.75 Å². The van der Waals surface area contributed by atoms with Crippen LogP contribution in [0.4, 0.5) is 30.2 Å². The maximum Gasteiger partial charge on any atom is 0.416 e. The second-order valence-electron chi connectivity index (χ2n) is 8.03. The molecule has 1 amide bonds. The van der Waals surface area contributed by atoms with Gasteiger partial charge in [-0.05, 0) is 55.8 Å². The third-order valence-electron chi connectivity index (χ3n) is 5.52. The standard InChI is InChI=1S/C27H24F3N3O4/c1-17(10-15-25(35)36)21-7-5-8-23(26(21)37)32-31-18(2)22-6-3-4-9-24(22)33(16-34)20-13-11-19(12-14-20)27(28,29)30/h3-14,16,32,37H,15H2,1-2H3,(H,35,36)/b17-10+,31-18+. The van der Waals surface area contributed by atoms with Crippen LogP contribution in [-0.4, -0.2) is 28.3 Å². The van der Waals surface area contributed by atoms with Crippen molar-refractivity contribution in [3.8, 4) is 5.75 Å². The molecule has 0 bridgehead atoms. The first kappa shape index (κ1) is 27.0. The van der Waals surface area contributed by atoms with Crippen LogP contribution in [0, 0.1) is 0 Å². The number of carboxylic acid groups (broad SMARTS) is 1. The van der Waals surface area contributed by atoms with Crippen molar-refractivity contribution < 1.29 is 33.0 Å². The summed E-state index contributed by atoms with van der Waals surface area (Å²) in [5.74, 6) is -1.11. The topological polar surface area (TPSA) is 102 Å². The van der Waals surface area contributed by atoms with Gasteiger partial charge in [-0.25, -0.2) is 0 Å². The van der Waals surface area contributed by atoms with Gasteiger partial charge in [0, 0.05) is 16.8 Å². The molecule has 0 radical (unpaired) electrons. The summed E-state index contributed by atoms with van der Waals surface area (Å²) in [7, 11) is 0. The zero-order chi connectivity index (χ0) is 27.2. The van der Waals surface area contributed by atoms with Gasteiger partial charge < -0.3 is 10.2 Å². The number of carboxylic acids is 1. The summed E-state index contributed by atoms with van der Waals surface area (Å²) in [5.41, 5.74) is 4.83. The molecule has 0 aliphatic carbocycles. The highest BCUT2D eigenvalue weighted by molar-refractivity contribution is 6.07. The van der Waals surface area contributed by atoms with Gasteiger partial charge in [0.05, 0.1) is 29.1 Å². The molecule has 0 aliphatic rings. The number of halogens is 3. The lowest BCUT2D eigenvalue weighted by Gasteiger charge is -2.21. The average Bonchev–Trinajstić information content (AvgIpc) is 2.87. The minimum absolute atomic E-state index is 0.120. The smallest absolute Gasteiger partial charge is 0.416 e. The zero-order valence-electron chi connectivity index (χ0n) is 20.0. The van der Waals surface area contributed by atoms with Crippen molar-refractivity contribution in [3.63, 3.8) is 0 Å². The summed E-state index contributed by atoms with van der Waals surface area (Å²) in [6.07, 6.45) is -2.70. The van der Waals surface area contributed by atoms with E-state index in [1.807, 2.05) is 0 Å². The molecule has 7 nitrogen and oxygen atoms in total. The molecule has 37 heavy (non-hydrogen) atoms. The molecule has 3 aromatic rings. The number of carbonyl (C=O) groups is 2. The number of alkyl halides is 3. The predicted octanol–water partition coefficient (Wildman–Crippen LogP) is 6.42. The number of hydrazone groups is 1. The van der Waals surface area contributed by atoms with Gasteiger partial charge in [-0.3, -0.25) is 19.9 Å². The Balaban J connectivity index is 1.91. The summed E-state index contributed by atoms with van der Waals surface area (Å²) in [6, 6.07) is 15.9. The van der Waals surface area contributed by atoms with E-state index < -0.39 is 17.7 Å². The van der Waals surface area contributed by atoms with Crippen LogP contribution >= 0.6 is 0 Å². The van der Waals surface area contributed by atoms with Crippen LogP contribution in [0.1, 0.15) is 37.0 Å². The Morgan fingerprint density at radius 2 is 1.65 bits per heavy atom. The fraction of sp³-hybridized carbons (Fsp3) is 0.148. The molecule has 0 unspecified atom stereocenters. The fourth-order valence-electron chi connectivity index (χ4n) is 3.56. The number of benzene rings is 3. The molecule has 3 N–H and O–H groups in total. The Morgan fingerprint density at radius 3 is 2.27 bits per heavy atom. The summed E-state index contributed by atoms with van der Waals surface area (Å²) in [6.45, 7) is 3.35. The number of anilines is 3. The second-order valence-corrected chi connectivity index (χ2v) is 8.03. The number of para-hydroxylation sites is 2. The van der Waals surface area contributed by atoms with Crippen LogP contribution in [0.3, 0.4) is 0 Å². The molecule has 192 valence electrons. The number of hydrogen-bond acceptors (Lipinski definition) is 5. The molecule has 0 spiro atoms. The predicted molar refractivity (Wildman–Crippen MR) is 136 cm³/mol. The lowest BCUT2D eigenvalue weighted by molar-refractivity contribution is -0.138. The molecule has 0 saturated heterocycles. The van der Waals surface area contributed by atoms with E-state index in [9.17, 15) is 27.9 Å². The number of phenols is 1. The van der Waals surface area contributed by atoms with E-state index in [1.54, 1.807) is 56.3 Å². The van der Waals surface area contributed by atoms with Crippen molar-refractivity contribution >= 4 is 40.7 Å². The highest BCUT2D eigenvalue weighted by atomic mass is 19.4. The summed E-state index contributed by atoms with van der Waals surface area (Å²) >= 11 is 0. The number of allylic oxidation sites excluding steroid dienone is 1. The van der Waals surface area contributed by atoms with Crippen LogP contribution in [-0.2, 0) is 15.8 Å². The van der Waals surface area contributed by atoms with Crippen molar-refractivity contribution in [1.29, 1.82) is 0 Å². The highest BCUT2D eigenvalue weighted by Gasteiger charge is 2.30. The average molecular weight is 512 g/mol. The Bertz CT molecular complexity index is 1350. The first-order valence-corrected chi connectivity index (χ1v) is 11.0. The largest absolute Gasteiger partial charge is 0.505 e. The number of aliphatic carboxylic acids is 1. The first-order chi connectivity index (χ1) is 17.5. The number of nitrogens with zero attached hydrogens (tertiary/aromatic N) is 2. The lowest BCUT2D eigenvalue weighted by Crippen LogP contribution is -2.18. The molecule has 10 heteroatoms. The molecule has 3 aromatic carbocycles. The third-order valence-corrected chi connectivity index (χ3v) is 5.52. The van der Waals surface area contributed by atoms with Gasteiger partial charge in [-0.1, -0.05) is 36.4 Å². The van der Waals surface area contributed by atoms with E-state index in [0.717, 1.165) is 12.1 Å². The zero-order valence-corrected chi connectivity index (χ0v) is 20.0. The maximum atomic E-state index is 12.9. The third kappa shape index (κ3) is 6.54. The van der Waals surface area contributed by atoms with E-state index in [4.69, 9.17) is 5.11 Å². The van der Waals surface area contributed by atoms with Crippen LogP contribution < -0.4 is 10.3 Å². The van der Waals surface area contributed by atoms with Crippen molar-refractivity contribution in [2.24, 2.45) is 5.10 Å². The molecular weight excluding hydrogens is 487 g/mol. The number of carbonyl (C=O) groups excluding carboxylic acids is 1. The maximum absolute atomic E-state index is 12.9. The van der Waals surface area contributed by atoms with Crippen LogP contribution in [0.25, 0.3) is 5.57 Å². The lowest BCUT2D eigenvalue weighted by atomic mass is 10.0. The van der Waals surface area contributed by atoms with Gasteiger partial charge in [-0.2, -0.15) is 18.3 Å². The van der Waals surface area contributed by atoms with Crippen molar-refractivity contribution in [2.75, 3.05) is 10.3 Å². The fourth-order valence-corrected chi connectivity index (χ4v) is 3.56. The Labute approximate surface area is 211 Å². The summed E-state index contributed by atoms with van der Waals surface area (Å²) in [4.78, 5) is 24.0. The quantitative estimate of drug-likeness (QED) is 0.133. The number of nitrogens with one attached hydrogen (secondary N) is 1.